The molecule has 0 unspecified atom stereocenters. The molecule has 0 bridgehead atoms. The predicted molar refractivity (Wildman–Crippen MR) is 83.6 cm³/mol. The molecule has 0 atom stereocenters. The molecule has 0 aliphatic rings. The van der Waals surface area contributed by atoms with E-state index >= 15 is 0 Å². The number of halogens is 1. The first-order valence-electron chi connectivity index (χ1n) is 6.97. The first kappa shape index (κ1) is 16.5. The molecule has 6 heteroatoms. The van der Waals surface area contributed by atoms with Crippen LogP contribution in [0.15, 0.2) is 47.4 Å². The van der Waals surface area contributed by atoms with Gasteiger partial charge in [0.2, 0.25) is 10.0 Å². The molecule has 0 radical (unpaired) electrons. The van der Waals surface area contributed by atoms with Crippen LogP contribution in [0, 0.1) is 5.82 Å². The zero-order valence-electron chi connectivity index (χ0n) is 12.3. The number of primary sulfonamides is 1. The van der Waals surface area contributed by atoms with Crippen LogP contribution in [0.3, 0.4) is 0 Å². The second-order valence-corrected chi connectivity index (χ2v) is 6.47. The number of nitrogens with two attached hydrogens (primary N) is 1. The van der Waals surface area contributed by atoms with E-state index in [1.807, 2.05) is 0 Å². The van der Waals surface area contributed by atoms with E-state index in [1.165, 1.54) is 30.3 Å². The fraction of sp³-hybridized carbons (Fsp3) is 0.250. The maximum Gasteiger partial charge on any atom is 0.238 e. The summed E-state index contributed by atoms with van der Waals surface area (Å²) < 4.78 is 42.0. The number of sulfonamides is 1. The average Bonchev–Trinajstić information content (AvgIpc) is 2.47. The van der Waals surface area contributed by atoms with Crippen molar-refractivity contribution in [3.8, 4) is 16.9 Å². The summed E-state index contributed by atoms with van der Waals surface area (Å²) in [5, 5.41) is 5.03. The van der Waals surface area contributed by atoms with Gasteiger partial charge in [-0.25, -0.2) is 17.9 Å². The van der Waals surface area contributed by atoms with Crippen LogP contribution in [0.4, 0.5) is 4.39 Å². The average molecular weight is 323 g/mol. The van der Waals surface area contributed by atoms with E-state index in [2.05, 4.69) is 6.92 Å². The van der Waals surface area contributed by atoms with Crippen molar-refractivity contribution < 1.29 is 17.5 Å². The molecule has 2 aromatic carbocycles. The molecule has 0 aromatic heterocycles. The van der Waals surface area contributed by atoms with Crippen molar-refractivity contribution in [2.24, 2.45) is 5.14 Å². The molecular formula is C16H18FNO3S. The smallest absolute Gasteiger partial charge is 0.238 e. The Labute approximate surface area is 129 Å². The van der Waals surface area contributed by atoms with Gasteiger partial charge >= 0.3 is 0 Å². The van der Waals surface area contributed by atoms with E-state index in [-0.39, 0.29) is 4.90 Å². The first-order valence-corrected chi connectivity index (χ1v) is 8.52. The van der Waals surface area contributed by atoms with E-state index in [4.69, 9.17) is 9.88 Å². The molecule has 0 amide bonds. The van der Waals surface area contributed by atoms with Crippen LogP contribution in [0.5, 0.6) is 5.75 Å². The first-order chi connectivity index (χ1) is 10.4. The van der Waals surface area contributed by atoms with Gasteiger partial charge in [-0.05, 0) is 36.2 Å². The minimum Gasteiger partial charge on any atom is -0.493 e. The van der Waals surface area contributed by atoms with Crippen LogP contribution in [0.2, 0.25) is 0 Å². The number of ether oxygens (including phenoxy) is 1. The summed E-state index contributed by atoms with van der Waals surface area (Å²) in [6, 6.07) is 10.4. The molecule has 0 saturated carbocycles. The summed E-state index contributed by atoms with van der Waals surface area (Å²) in [6.07, 6.45) is 1.93. The number of hydrogen-bond acceptors (Lipinski definition) is 3. The molecule has 0 spiro atoms. The van der Waals surface area contributed by atoms with Crippen LogP contribution in [-0.2, 0) is 10.0 Å². The molecule has 118 valence electrons. The number of benzene rings is 2. The highest BCUT2D eigenvalue weighted by Gasteiger charge is 2.10. The van der Waals surface area contributed by atoms with Crippen LogP contribution in [-0.4, -0.2) is 15.0 Å². The largest absolute Gasteiger partial charge is 0.493 e. The molecule has 2 N–H and O–H groups in total. The molecule has 0 aliphatic carbocycles. The van der Waals surface area contributed by atoms with Gasteiger partial charge in [-0.2, -0.15) is 0 Å². The fourth-order valence-electron chi connectivity index (χ4n) is 1.98. The SMILES string of the molecule is CCCCOc1ccc(-c2ccc(S(N)(=O)=O)cc2)c(F)c1. The number of rotatable bonds is 6. The van der Waals surface area contributed by atoms with E-state index in [9.17, 15) is 12.8 Å². The lowest BCUT2D eigenvalue weighted by Crippen LogP contribution is -2.11. The zero-order valence-corrected chi connectivity index (χ0v) is 13.1. The van der Waals surface area contributed by atoms with Crippen molar-refractivity contribution in [3.63, 3.8) is 0 Å². The molecule has 22 heavy (non-hydrogen) atoms. The molecule has 0 aliphatic heterocycles. The van der Waals surface area contributed by atoms with E-state index in [0.29, 0.717) is 23.5 Å². The predicted octanol–water partition coefficient (Wildman–Crippen LogP) is 3.32. The third-order valence-corrected chi connectivity index (χ3v) is 4.13. The second-order valence-electron chi connectivity index (χ2n) is 4.91. The topological polar surface area (TPSA) is 69.4 Å². The maximum absolute atomic E-state index is 14.2. The molecule has 2 aromatic rings. The van der Waals surface area contributed by atoms with Gasteiger partial charge in [0.25, 0.3) is 0 Å². The zero-order chi connectivity index (χ0) is 16.2. The molecule has 2 rings (SSSR count). The lowest BCUT2D eigenvalue weighted by molar-refractivity contribution is 0.308. The Kier molecular flexibility index (Phi) is 5.15. The van der Waals surface area contributed by atoms with Gasteiger partial charge in [0.15, 0.2) is 0 Å². The monoisotopic (exact) mass is 323 g/mol. The van der Waals surface area contributed by atoms with Crippen molar-refractivity contribution in [3.05, 3.63) is 48.3 Å². The quantitative estimate of drug-likeness (QED) is 0.829. The van der Waals surface area contributed by atoms with Crippen molar-refractivity contribution in [2.45, 2.75) is 24.7 Å². The summed E-state index contributed by atoms with van der Waals surface area (Å²) in [5.41, 5.74) is 0.953. The molecule has 0 saturated heterocycles. The normalized spacial score (nSPS) is 11.4. The Bertz CT molecular complexity index is 742. The number of hydrogen-bond donors (Lipinski definition) is 1. The summed E-state index contributed by atoms with van der Waals surface area (Å²) in [5.74, 6) is 0.0632. The lowest BCUT2D eigenvalue weighted by Gasteiger charge is -2.09. The third kappa shape index (κ3) is 4.05. The van der Waals surface area contributed by atoms with Crippen molar-refractivity contribution in [1.29, 1.82) is 0 Å². The van der Waals surface area contributed by atoms with Gasteiger partial charge in [0, 0.05) is 11.6 Å². The van der Waals surface area contributed by atoms with Gasteiger partial charge in [0.1, 0.15) is 11.6 Å². The van der Waals surface area contributed by atoms with E-state index in [0.717, 1.165) is 12.8 Å². The summed E-state index contributed by atoms with van der Waals surface area (Å²) in [6.45, 7) is 2.61. The standard InChI is InChI=1S/C16H18FNO3S/c1-2-3-10-21-13-6-9-15(16(17)11-13)12-4-7-14(8-5-12)22(18,19)20/h4-9,11H,2-3,10H2,1H3,(H2,18,19,20). The molecule has 0 fully saturated rings. The highest BCUT2D eigenvalue weighted by Crippen LogP contribution is 2.27. The highest BCUT2D eigenvalue weighted by molar-refractivity contribution is 7.89. The summed E-state index contributed by atoms with van der Waals surface area (Å²) in [4.78, 5) is -0.00354. The lowest BCUT2D eigenvalue weighted by atomic mass is 10.1. The Morgan fingerprint density at radius 2 is 1.82 bits per heavy atom. The Hall–Kier alpha value is -1.92. The van der Waals surface area contributed by atoms with Gasteiger partial charge in [-0.15, -0.1) is 0 Å². The van der Waals surface area contributed by atoms with Gasteiger partial charge in [-0.1, -0.05) is 25.5 Å². The fourth-order valence-corrected chi connectivity index (χ4v) is 2.49. The summed E-state index contributed by atoms with van der Waals surface area (Å²) in [7, 11) is -3.75. The minimum atomic E-state index is -3.75. The maximum atomic E-state index is 14.2. The molecule has 0 heterocycles. The summed E-state index contributed by atoms with van der Waals surface area (Å²) >= 11 is 0. The van der Waals surface area contributed by atoms with Gasteiger partial charge < -0.3 is 4.74 Å². The Balaban J connectivity index is 2.22. The van der Waals surface area contributed by atoms with Gasteiger partial charge in [-0.3, -0.25) is 0 Å². The Morgan fingerprint density at radius 3 is 2.36 bits per heavy atom. The second kappa shape index (κ2) is 6.89. The minimum absolute atomic E-state index is 0.00354. The molecule has 4 nitrogen and oxygen atoms in total. The van der Waals surface area contributed by atoms with E-state index in [1.54, 1.807) is 12.1 Å². The van der Waals surface area contributed by atoms with Crippen LogP contribution in [0.1, 0.15) is 19.8 Å². The van der Waals surface area contributed by atoms with Crippen molar-refractivity contribution in [1.82, 2.24) is 0 Å². The van der Waals surface area contributed by atoms with Crippen LogP contribution in [0.25, 0.3) is 11.1 Å². The van der Waals surface area contributed by atoms with E-state index < -0.39 is 15.8 Å². The van der Waals surface area contributed by atoms with Crippen LogP contribution < -0.4 is 9.88 Å². The Morgan fingerprint density at radius 1 is 1.14 bits per heavy atom. The van der Waals surface area contributed by atoms with Gasteiger partial charge in [0.05, 0.1) is 11.5 Å². The molecular weight excluding hydrogens is 305 g/mol. The number of unbranched alkanes of at least 4 members (excludes halogenated alkanes) is 1. The van der Waals surface area contributed by atoms with Crippen LogP contribution >= 0.6 is 0 Å². The highest BCUT2D eigenvalue weighted by atomic mass is 32.2. The van der Waals surface area contributed by atoms with Crippen molar-refractivity contribution >= 4 is 10.0 Å². The third-order valence-electron chi connectivity index (χ3n) is 3.20. The van der Waals surface area contributed by atoms with Crippen molar-refractivity contribution in [2.75, 3.05) is 6.61 Å².